The molecule has 4 aromatic rings. The van der Waals surface area contributed by atoms with Crippen molar-refractivity contribution < 1.29 is 14.3 Å². The zero-order chi connectivity index (χ0) is 29.6. The molecule has 3 fully saturated rings. The number of aromatic nitrogens is 5. The number of aryl methyl sites for hydroxylation is 1. The fourth-order valence-electron chi connectivity index (χ4n) is 7.21. The number of nitrogens with zero attached hydrogens (tertiary/aromatic N) is 6. The molecule has 4 heterocycles. The zero-order valence-electron chi connectivity index (χ0n) is 24.4. The third-order valence-electron chi connectivity index (χ3n) is 9.42. The standard InChI is InChI=1S/C32H36N8O3/c1-21-6-11-34-24(16-21)17-25(41)22-2-4-23(5-3-22)28-27-29(33)35-20-36-30(27)40(38-28)32-9-7-31(19-32,8-10-32)37-26(42)18-39-12-14-43-15-13-39/h2-6,11,16,20H,7-10,12-15,17-19H2,1H3,(H,37,42)(H2,33,35,36). The number of fused-ring (bicyclic) bond motifs is 3. The number of amides is 1. The van der Waals surface area contributed by atoms with Crippen LogP contribution in [0.3, 0.4) is 0 Å². The van der Waals surface area contributed by atoms with E-state index in [0.29, 0.717) is 47.9 Å². The summed E-state index contributed by atoms with van der Waals surface area (Å²) in [4.78, 5) is 41.4. The number of ketones is 1. The number of hydrogen-bond acceptors (Lipinski definition) is 9. The van der Waals surface area contributed by atoms with Crippen LogP contribution in [0.15, 0.2) is 48.9 Å². The van der Waals surface area contributed by atoms with E-state index in [1.807, 2.05) is 48.0 Å². The van der Waals surface area contributed by atoms with Crippen LogP contribution >= 0.6 is 0 Å². The number of rotatable bonds is 8. The maximum atomic E-state index is 13.0. The van der Waals surface area contributed by atoms with Crippen LogP contribution in [0.4, 0.5) is 5.82 Å². The van der Waals surface area contributed by atoms with Crippen LogP contribution in [0, 0.1) is 6.92 Å². The van der Waals surface area contributed by atoms with E-state index in [1.165, 1.54) is 6.33 Å². The van der Waals surface area contributed by atoms with Gasteiger partial charge in [-0.25, -0.2) is 14.6 Å². The van der Waals surface area contributed by atoms with Crippen molar-refractivity contribution in [1.29, 1.82) is 0 Å². The molecule has 3 aromatic heterocycles. The quantitative estimate of drug-likeness (QED) is 0.301. The summed E-state index contributed by atoms with van der Waals surface area (Å²) in [6, 6.07) is 11.3. The highest BCUT2D eigenvalue weighted by atomic mass is 16.5. The molecule has 0 spiro atoms. The van der Waals surface area contributed by atoms with Crippen LogP contribution in [0.1, 0.15) is 53.7 Å². The largest absolute Gasteiger partial charge is 0.383 e. The van der Waals surface area contributed by atoms with E-state index in [1.54, 1.807) is 6.20 Å². The van der Waals surface area contributed by atoms with Crippen LogP contribution in [0.2, 0.25) is 0 Å². The predicted molar refractivity (Wildman–Crippen MR) is 161 cm³/mol. The Morgan fingerprint density at radius 1 is 1.02 bits per heavy atom. The minimum atomic E-state index is -0.264. The van der Waals surface area contributed by atoms with Gasteiger partial charge < -0.3 is 15.8 Å². The smallest absolute Gasteiger partial charge is 0.234 e. The Bertz CT molecular complexity index is 1680. The van der Waals surface area contributed by atoms with Crippen molar-refractivity contribution in [3.05, 3.63) is 65.7 Å². The number of carbonyl (C=O) groups excluding carboxylic acids is 2. The second-order valence-electron chi connectivity index (χ2n) is 12.3. The van der Waals surface area contributed by atoms with Crippen LogP contribution in [0.25, 0.3) is 22.3 Å². The van der Waals surface area contributed by atoms with Gasteiger partial charge >= 0.3 is 0 Å². The molecule has 0 atom stereocenters. The Labute approximate surface area is 249 Å². The average Bonchev–Trinajstić information content (AvgIpc) is 3.69. The van der Waals surface area contributed by atoms with Gasteiger partial charge in [0.2, 0.25) is 5.91 Å². The summed E-state index contributed by atoms with van der Waals surface area (Å²) < 4.78 is 7.47. The number of Topliss-reactive ketones (excluding diaryl/α,β-unsaturated/α-hetero) is 1. The maximum Gasteiger partial charge on any atom is 0.234 e. The lowest BCUT2D eigenvalue weighted by atomic mass is 9.91. The van der Waals surface area contributed by atoms with E-state index >= 15 is 0 Å². The molecule has 2 aliphatic carbocycles. The Morgan fingerprint density at radius 2 is 1.79 bits per heavy atom. The number of hydrogen-bond donors (Lipinski definition) is 2. The lowest BCUT2D eigenvalue weighted by molar-refractivity contribution is -0.125. The molecule has 3 aliphatic rings. The third-order valence-corrected chi connectivity index (χ3v) is 9.42. The summed E-state index contributed by atoms with van der Waals surface area (Å²) in [6.07, 6.45) is 7.83. The van der Waals surface area contributed by atoms with Crippen LogP contribution in [-0.4, -0.2) is 79.7 Å². The number of benzene rings is 1. The summed E-state index contributed by atoms with van der Waals surface area (Å²) in [7, 11) is 0. The second kappa shape index (κ2) is 10.8. The van der Waals surface area contributed by atoms with Gasteiger partial charge in [0.1, 0.15) is 17.8 Å². The minimum absolute atomic E-state index is 0.00527. The van der Waals surface area contributed by atoms with Crippen molar-refractivity contribution in [3.63, 3.8) is 0 Å². The molecule has 11 nitrogen and oxygen atoms in total. The number of ether oxygens (including phenoxy) is 1. The van der Waals surface area contributed by atoms with E-state index in [-0.39, 0.29) is 29.2 Å². The molecule has 1 saturated heterocycles. The molecule has 222 valence electrons. The fraction of sp³-hybridized carbons (Fsp3) is 0.438. The molecule has 1 amide bonds. The normalized spacial score (nSPS) is 23.6. The third kappa shape index (κ3) is 5.16. The lowest BCUT2D eigenvalue weighted by Crippen LogP contribution is -2.50. The van der Waals surface area contributed by atoms with Crippen molar-refractivity contribution in [2.75, 3.05) is 38.6 Å². The number of nitrogen functional groups attached to an aromatic ring is 1. The van der Waals surface area contributed by atoms with E-state index in [2.05, 4.69) is 25.2 Å². The summed E-state index contributed by atoms with van der Waals surface area (Å²) in [5.74, 6) is 0.449. The highest BCUT2D eigenvalue weighted by Crippen LogP contribution is 2.56. The number of nitrogens with two attached hydrogens (primary N) is 1. The van der Waals surface area contributed by atoms with Gasteiger partial charge in [-0.3, -0.25) is 19.5 Å². The molecule has 11 heteroatoms. The molecule has 3 N–H and O–H groups in total. The van der Waals surface area contributed by atoms with Gasteiger partial charge in [-0.2, -0.15) is 5.10 Å². The summed E-state index contributed by atoms with van der Waals surface area (Å²) in [5.41, 5.74) is 10.6. The Hall–Kier alpha value is -4.22. The molecule has 0 unspecified atom stereocenters. The number of morpholine rings is 1. The number of nitrogens with one attached hydrogen (secondary N) is 1. The van der Waals surface area contributed by atoms with Crippen molar-refractivity contribution in [2.24, 2.45) is 0 Å². The molecule has 2 bridgehead atoms. The van der Waals surface area contributed by atoms with Crippen molar-refractivity contribution in [3.8, 4) is 11.3 Å². The summed E-state index contributed by atoms with van der Waals surface area (Å²) in [6.45, 7) is 5.30. The lowest BCUT2D eigenvalue weighted by Gasteiger charge is -2.31. The van der Waals surface area contributed by atoms with Crippen molar-refractivity contribution >= 4 is 28.5 Å². The van der Waals surface area contributed by atoms with Gasteiger partial charge in [-0.15, -0.1) is 0 Å². The van der Waals surface area contributed by atoms with Gasteiger partial charge in [0.25, 0.3) is 0 Å². The first-order valence-corrected chi connectivity index (χ1v) is 15.0. The number of carbonyl (C=O) groups is 2. The highest BCUT2D eigenvalue weighted by molar-refractivity contribution is 6.00. The monoisotopic (exact) mass is 580 g/mol. The number of anilines is 1. The summed E-state index contributed by atoms with van der Waals surface area (Å²) in [5, 5.41) is 9.25. The Kier molecular flexibility index (Phi) is 6.94. The highest BCUT2D eigenvalue weighted by Gasteiger charge is 2.57. The Balaban J connectivity index is 1.14. The van der Waals surface area contributed by atoms with Gasteiger partial charge in [0, 0.05) is 41.6 Å². The van der Waals surface area contributed by atoms with Crippen LogP contribution < -0.4 is 11.1 Å². The van der Waals surface area contributed by atoms with E-state index < -0.39 is 0 Å². The topological polar surface area (TPSA) is 141 Å². The van der Waals surface area contributed by atoms with E-state index in [0.717, 1.165) is 62.0 Å². The summed E-state index contributed by atoms with van der Waals surface area (Å²) >= 11 is 0. The molecule has 7 rings (SSSR count). The van der Waals surface area contributed by atoms with Gasteiger partial charge in [0.15, 0.2) is 11.4 Å². The molecule has 1 aromatic carbocycles. The average molecular weight is 581 g/mol. The molecular weight excluding hydrogens is 544 g/mol. The van der Waals surface area contributed by atoms with Gasteiger partial charge in [-0.05, 0) is 56.7 Å². The van der Waals surface area contributed by atoms with Gasteiger partial charge in [0.05, 0.1) is 37.1 Å². The molecular formula is C32H36N8O3. The molecule has 0 radical (unpaired) electrons. The maximum absolute atomic E-state index is 13.0. The number of pyridine rings is 1. The van der Waals surface area contributed by atoms with Gasteiger partial charge in [-0.1, -0.05) is 24.3 Å². The van der Waals surface area contributed by atoms with Crippen molar-refractivity contribution in [2.45, 2.75) is 56.5 Å². The molecule has 2 saturated carbocycles. The first-order valence-electron chi connectivity index (χ1n) is 15.0. The first kappa shape index (κ1) is 27.6. The first-order chi connectivity index (χ1) is 20.8. The Morgan fingerprint density at radius 3 is 2.53 bits per heavy atom. The van der Waals surface area contributed by atoms with Crippen molar-refractivity contribution in [1.82, 2.24) is 34.9 Å². The minimum Gasteiger partial charge on any atom is -0.383 e. The fourth-order valence-corrected chi connectivity index (χ4v) is 7.21. The second-order valence-corrected chi connectivity index (χ2v) is 12.3. The predicted octanol–water partition coefficient (Wildman–Crippen LogP) is 3.06. The zero-order valence-corrected chi connectivity index (χ0v) is 24.4. The van der Waals surface area contributed by atoms with Crippen LogP contribution in [-0.2, 0) is 21.5 Å². The molecule has 43 heavy (non-hydrogen) atoms. The van der Waals surface area contributed by atoms with E-state index in [9.17, 15) is 9.59 Å². The van der Waals surface area contributed by atoms with Crippen LogP contribution in [0.5, 0.6) is 0 Å². The van der Waals surface area contributed by atoms with E-state index in [4.69, 9.17) is 15.6 Å². The SMILES string of the molecule is Cc1ccnc(CC(=O)c2ccc(-c3nn(C45CCC(NC(=O)CN6CCOCC6)(CC4)C5)c4ncnc(N)c34)cc2)c1. The molecule has 1 aliphatic heterocycles.